The molecule has 0 aromatic carbocycles. The fourth-order valence-electron chi connectivity index (χ4n) is 2.10. The van der Waals surface area contributed by atoms with E-state index in [-0.39, 0.29) is 0 Å². The molecule has 1 aliphatic rings. The minimum Gasteiger partial charge on any atom is -0.337 e. The molecule has 0 aromatic heterocycles. The van der Waals surface area contributed by atoms with Crippen LogP contribution in [-0.2, 0) is 4.79 Å². The number of alkyl halides is 2. The van der Waals surface area contributed by atoms with E-state index in [9.17, 15) is 13.6 Å². The van der Waals surface area contributed by atoms with Gasteiger partial charge in [-0.1, -0.05) is 20.3 Å². The molecule has 1 aliphatic heterocycles. The molecule has 82 valence electrons. The molecule has 0 spiro atoms. The van der Waals surface area contributed by atoms with Gasteiger partial charge in [0.2, 0.25) is 0 Å². The average molecular weight is 205 g/mol. The molecular formula is C10H17F2NO. The lowest BCUT2D eigenvalue weighted by Crippen LogP contribution is -2.33. The zero-order chi connectivity index (χ0) is 10.7. The number of carbonyl (C=O) groups excluding carboxylic acids is 1. The van der Waals surface area contributed by atoms with Crippen molar-refractivity contribution in [2.24, 2.45) is 11.8 Å². The van der Waals surface area contributed by atoms with Gasteiger partial charge in [-0.15, -0.1) is 0 Å². The third-order valence-corrected chi connectivity index (χ3v) is 2.93. The molecule has 14 heavy (non-hydrogen) atoms. The maximum absolute atomic E-state index is 12.1. The first-order valence-corrected chi connectivity index (χ1v) is 5.13. The van der Waals surface area contributed by atoms with Crippen molar-refractivity contribution in [3.63, 3.8) is 0 Å². The van der Waals surface area contributed by atoms with E-state index in [1.807, 2.05) is 6.92 Å². The van der Waals surface area contributed by atoms with Crippen LogP contribution in [0.25, 0.3) is 0 Å². The molecule has 0 aromatic rings. The minimum atomic E-state index is -2.84. The van der Waals surface area contributed by atoms with Crippen LogP contribution in [0.5, 0.6) is 0 Å². The first-order chi connectivity index (χ1) is 6.56. The number of rotatable bonds is 3. The van der Waals surface area contributed by atoms with Gasteiger partial charge in [-0.25, -0.2) is 0 Å². The van der Waals surface area contributed by atoms with Crippen molar-refractivity contribution in [2.75, 3.05) is 13.1 Å². The number of nitrogens with zero attached hydrogens (tertiary/aromatic N) is 1. The van der Waals surface area contributed by atoms with Crippen LogP contribution in [0.3, 0.4) is 0 Å². The highest BCUT2D eigenvalue weighted by Gasteiger charge is 2.34. The number of amides is 1. The Kier molecular flexibility index (Phi) is 3.84. The van der Waals surface area contributed by atoms with Crippen LogP contribution in [-0.4, -0.2) is 30.3 Å². The quantitative estimate of drug-likeness (QED) is 0.691. The van der Waals surface area contributed by atoms with E-state index >= 15 is 0 Å². The molecule has 4 heteroatoms. The first-order valence-electron chi connectivity index (χ1n) is 5.13. The van der Waals surface area contributed by atoms with Crippen molar-refractivity contribution < 1.29 is 13.6 Å². The summed E-state index contributed by atoms with van der Waals surface area (Å²) < 4.78 is 24.3. The summed E-state index contributed by atoms with van der Waals surface area (Å²) in [7, 11) is 0. The monoisotopic (exact) mass is 205 g/mol. The van der Waals surface area contributed by atoms with Gasteiger partial charge in [-0.3, -0.25) is 4.79 Å². The van der Waals surface area contributed by atoms with Crippen LogP contribution in [0.2, 0.25) is 0 Å². The Balaban J connectivity index is 2.49. The number of halogens is 2. The predicted octanol–water partition coefficient (Wildman–Crippen LogP) is 2.15. The Hall–Kier alpha value is -0.670. The van der Waals surface area contributed by atoms with Gasteiger partial charge in [-0.2, -0.15) is 8.78 Å². The Morgan fingerprint density at radius 1 is 1.50 bits per heavy atom. The van der Waals surface area contributed by atoms with Crippen LogP contribution >= 0.6 is 0 Å². The van der Waals surface area contributed by atoms with Gasteiger partial charge in [0.25, 0.3) is 5.91 Å². The molecule has 0 aliphatic carbocycles. The molecule has 2 atom stereocenters. The summed E-state index contributed by atoms with van der Waals surface area (Å²) in [5, 5.41) is 0. The van der Waals surface area contributed by atoms with Crippen molar-refractivity contribution in [1.82, 2.24) is 4.90 Å². The highest BCUT2D eigenvalue weighted by atomic mass is 19.3. The van der Waals surface area contributed by atoms with Gasteiger partial charge in [-0.05, 0) is 18.3 Å². The molecular weight excluding hydrogens is 188 g/mol. The van der Waals surface area contributed by atoms with E-state index < -0.39 is 12.3 Å². The minimum absolute atomic E-state index is 0.359. The molecule has 1 fully saturated rings. The fourth-order valence-corrected chi connectivity index (χ4v) is 2.10. The lowest BCUT2D eigenvalue weighted by atomic mass is 9.94. The van der Waals surface area contributed by atoms with E-state index in [1.54, 1.807) is 0 Å². The van der Waals surface area contributed by atoms with Gasteiger partial charge < -0.3 is 4.90 Å². The summed E-state index contributed by atoms with van der Waals surface area (Å²) in [6.45, 7) is 5.11. The Morgan fingerprint density at radius 3 is 2.64 bits per heavy atom. The molecule has 0 bridgehead atoms. The van der Waals surface area contributed by atoms with Gasteiger partial charge in [0.1, 0.15) is 0 Å². The Labute approximate surface area is 83.3 Å². The maximum Gasteiger partial charge on any atom is 0.315 e. The number of carbonyl (C=O) groups is 1. The third kappa shape index (κ3) is 2.42. The van der Waals surface area contributed by atoms with Gasteiger partial charge in [0.15, 0.2) is 0 Å². The molecule has 1 rings (SSSR count). The first kappa shape index (κ1) is 11.4. The smallest absolute Gasteiger partial charge is 0.315 e. The number of hydrogen-bond donors (Lipinski definition) is 0. The molecule has 1 heterocycles. The number of likely N-dealkylation sites (tertiary alicyclic amines) is 1. The number of hydrogen-bond acceptors (Lipinski definition) is 1. The van der Waals surface area contributed by atoms with E-state index in [0.29, 0.717) is 24.9 Å². The summed E-state index contributed by atoms with van der Waals surface area (Å²) in [4.78, 5) is 12.3. The van der Waals surface area contributed by atoms with Crippen LogP contribution in [0.1, 0.15) is 26.7 Å². The van der Waals surface area contributed by atoms with E-state index in [2.05, 4.69) is 6.92 Å². The molecule has 0 N–H and O–H groups in total. The van der Waals surface area contributed by atoms with Crippen molar-refractivity contribution in [3.05, 3.63) is 0 Å². The molecule has 0 radical (unpaired) electrons. The van der Waals surface area contributed by atoms with Crippen LogP contribution in [0.15, 0.2) is 0 Å². The zero-order valence-electron chi connectivity index (χ0n) is 8.67. The Morgan fingerprint density at radius 2 is 2.14 bits per heavy atom. The standard InChI is InChI=1S/C10H17F2NO/c1-3-4-8-6-13(5-7(8)2)10(14)9(11)12/h7-9H,3-6H2,1-2H3. The fraction of sp³-hybridized carbons (Fsp3) is 0.900. The second-order valence-corrected chi connectivity index (χ2v) is 4.07. The largest absolute Gasteiger partial charge is 0.337 e. The predicted molar refractivity (Wildman–Crippen MR) is 50.1 cm³/mol. The van der Waals surface area contributed by atoms with Crippen LogP contribution in [0, 0.1) is 11.8 Å². The highest BCUT2D eigenvalue weighted by Crippen LogP contribution is 2.27. The molecule has 2 unspecified atom stereocenters. The van der Waals surface area contributed by atoms with Gasteiger partial charge in [0.05, 0.1) is 0 Å². The second kappa shape index (κ2) is 4.71. The van der Waals surface area contributed by atoms with Crippen molar-refractivity contribution in [1.29, 1.82) is 0 Å². The lowest BCUT2D eigenvalue weighted by molar-refractivity contribution is -0.141. The summed E-state index contributed by atoms with van der Waals surface area (Å²) in [6, 6.07) is 0. The summed E-state index contributed by atoms with van der Waals surface area (Å²) in [5.41, 5.74) is 0. The molecule has 1 saturated heterocycles. The molecule has 2 nitrogen and oxygen atoms in total. The molecule has 0 saturated carbocycles. The summed E-state index contributed by atoms with van der Waals surface area (Å²) >= 11 is 0. The average Bonchev–Trinajstić information content (AvgIpc) is 2.47. The zero-order valence-corrected chi connectivity index (χ0v) is 8.67. The highest BCUT2D eigenvalue weighted by molar-refractivity contribution is 5.79. The van der Waals surface area contributed by atoms with E-state index in [0.717, 1.165) is 12.8 Å². The normalized spacial score (nSPS) is 27.4. The van der Waals surface area contributed by atoms with Gasteiger partial charge >= 0.3 is 6.43 Å². The van der Waals surface area contributed by atoms with E-state index in [4.69, 9.17) is 0 Å². The summed E-state index contributed by atoms with van der Waals surface area (Å²) in [6.07, 6.45) is -0.775. The van der Waals surface area contributed by atoms with Crippen molar-refractivity contribution >= 4 is 5.91 Å². The van der Waals surface area contributed by atoms with Crippen molar-refractivity contribution in [2.45, 2.75) is 33.1 Å². The topological polar surface area (TPSA) is 20.3 Å². The summed E-state index contributed by atoms with van der Waals surface area (Å²) in [5.74, 6) is -0.240. The third-order valence-electron chi connectivity index (χ3n) is 2.93. The lowest BCUT2D eigenvalue weighted by Gasteiger charge is -2.15. The second-order valence-electron chi connectivity index (χ2n) is 4.07. The van der Waals surface area contributed by atoms with Crippen LogP contribution in [0.4, 0.5) is 8.78 Å². The van der Waals surface area contributed by atoms with Crippen molar-refractivity contribution in [3.8, 4) is 0 Å². The van der Waals surface area contributed by atoms with E-state index in [1.165, 1.54) is 4.90 Å². The molecule has 1 amide bonds. The maximum atomic E-state index is 12.1. The van der Waals surface area contributed by atoms with Crippen LogP contribution < -0.4 is 0 Å². The Bertz CT molecular complexity index is 208. The van der Waals surface area contributed by atoms with Gasteiger partial charge in [0, 0.05) is 13.1 Å². The SMILES string of the molecule is CCCC1CN(C(=O)C(F)F)CC1C.